The van der Waals surface area contributed by atoms with Crippen LogP contribution in [0.2, 0.25) is 0 Å². The van der Waals surface area contributed by atoms with E-state index >= 15 is 0 Å². The van der Waals surface area contributed by atoms with Crippen LogP contribution < -0.4 is 10.6 Å². The van der Waals surface area contributed by atoms with Crippen LogP contribution in [0.3, 0.4) is 0 Å². The number of carbonyl (C=O) groups is 1. The summed E-state index contributed by atoms with van der Waals surface area (Å²) in [4.78, 5) is 20.6. The number of carbonyl (C=O) groups excluding carboxylic acids is 1. The van der Waals surface area contributed by atoms with E-state index in [-0.39, 0.29) is 11.4 Å². The molecule has 110 valence electrons. The average Bonchev–Trinajstić information content (AvgIpc) is 2.39. The highest BCUT2D eigenvalue weighted by molar-refractivity contribution is 9.10. The van der Waals surface area contributed by atoms with Gasteiger partial charge < -0.3 is 10.6 Å². The molecule has 0 fully saturated rings. The van der Waals surface area contributed by atoms with Gasteiger partial charge in [-0.15, -0.1) is 0 Å². The largest absolute Gasteiger partial charge is 0.350 e. The molecule has 2 aromatic rings. The molecule has 0 aliphatic rings. The van der Waals surface area contributed by atoms with Crippen molar-refractivity contribution in [1.29, 1.82) is 0 Å². The zero-order valence-corrected chi connectivity index (χ0v) is 13.7. The lowest BCUT2D eigenvalue weighted by molar-refractivity contribution is 0.102. The van der Waals surface area contributed by atoms with Crippen LogP contribution in [0.1, 0.15) is 31.3 Å². The number of anilines is 2. The second-order valence-corrected chi connectivity index (χ2v) is 6.43. The average molecular weight is 349 g/mol. The van der Waals surface area contributed by atoms with Gasteiger partial charge in [-0.2, -0.15) is 0 Å². The number of aromatic nitrogens is 2. The summed E-state index contributed by atoms with van der Waals surface area (Å²) in [5, 5.41) is 5.95. The van der Waals surface area contributed by atoms with Crippen LogP contribution in [-0.4, -0.2) is 21.4 Å². The number of hydrogen-bond acceptors (Lipinski definition) is 4. The molecular formula is C15H17BrN4O. The Morgan fingerprint density at radius 1 is 1.19 bits per heavy atom. The summed E-state index contributed by atoms with van der Waals surface area (Å²) in [6.45, 7) is 6.01. The van der Waals surface area contributed by atoms with Gasteiger partial charge in [0, 0.05) is 16.2 Å². The van der Waals surface area contributed by atoms with Crippen molar-refractivity contribution in [2.75, 3.05) is 10.6 Å². The molecule has 2 N–H and O–H groups in total. The van der Waals surface area contributed by atoms with Gasteiger partial charge in [0.05, 0.1) is 5.69 Å². The van der Waals surface area contributed by atoms with Gasteiger partial charge in [-0.3, -0.25) is 4.79 Å². The topological polar surface area (TPSA) is 66.9 Å². The molecule has 1 amide bonds. The van der Waals surface area contributed by atoms with E-state index in [0.29, 0.717) is 17.3 Å². The molecule has 0 spiro atoms. The van der Waals surface area contributed by atoms with Crippen molar-refractivity contribution in [2.24, 2.45) is 0 Å². The summed E-state index contributed by atoms with van der Waals surface area (Å²) < 4.78 is 0.820. The highest BCUT2D eigenvalue weighted by Gasteiger charge is 2.14. The van der Waals surface area contributed by atoms with E-state index in [1.54, 1.807) is 12.3 Å². The minimum absolute atomic E-state index is 0.169. The number of para-hydroxylation sites is 1. The Balaban J connectivity index is 2.16. The van der Waals surface area contributed by atoms with Crippen LogP contribution in [0.5, 0.6) is 0 Å². The molecular weight excluding hydrogens is 332 g/mol. The van der Waals surface area contributed by atoms with Crippen LogP contribution >= 0.6 is 15.9 Å². The van der Waals surface area contributed by atoms with Crippen LogP contribution in [0.25, 0.3) is 0 Å². The molecule has 0 radical (unpaired) electrons. The maximum Gasteiger partial charge on any atom is 0.274 e. The maximum atomic E-state index is 12.2. The number of benzene rings is 1. The van der Waals surface area contributed by atoms with Crippen molar-refractivity contribution < 1.29 is 4.79 Å². The Morgan fingerprint density at radius 2 is 1.90 bits per heavy atom. The number of nitrogens with one attached hydrogen (secondary N) is 2. The van der Waals surface area contributed by atoms with Gasteiger partial charge in [0.1, 0.15) is 5.69 Å². The molecule has 0 atom stereocenters. The summed E-state index contributed by atoms with van der Waals surface area (Å²) in [6.07, 6.45) is 1.57. The molecule has 5 nitrogen and oxygen atoms in total. The lowest BCUT2D eigenvalue weighted by Crippen LogP contribution is -2.28. The van der Waals surface area contributed by atoms with Crippen LogP contribution in [0.4, 0.5) is 11.6 Å². The fourth-order valence-electron chi connectivity index (χ4n) is 1.63. The van der Waals surface area contributed by atoms with E-state index in [2.05, 4.69) is 36.5 Å². The Hall–Kier alpha value is -1.95. The van der Waals surface area contributed by atoms with E-state index in [1.165, 1.54) is 0 Å². The first-order chi connectivity index (χ1) is 9.85. The highest BCUT2D eigenvalue weighted by Crippen LogP contribution is 2.21. The van der Waals surface area contributed by atoms with E-state index in [0.717, 1.165) is 4.47 Å². The van der Waals surface area contributed by atoms with Crippen molar-refractivity contribution in [3.05, 3.63) is 46.7 Å². The normalized spacial score (nSPS) is 11.0. The molecule has 0 aliphatic carbocycles. The van der Waals surface area contributed by atoms with Crippen LogP contribution in [-0.2, 0) is 0 Å². The number of amides is 1. The standard InChI is InChI=1S/C15H17BrN4O/c1-15(2,3)20-14-17-9-8-12(19-14)13(21)18-11-7-5-4-6-10(11)16/h4-9H,1-3H3,(H,18,21)(H,17,19,20). The van der Waals surface area contributed by atoms with Gasteiger partial charge in [0.25, 0.3) is 5.91 Å². The first-order valence-electron chi connectivity index (χ1n) is 6.52. The monoisotopic (exact) mass is 348 g/mol. The van der Waals surface area contributed by atoms with E-state index in [4.69, 9.17) is 0 Å². The molecule has 0 aliphatic heterocycles. The number of hydrogen-bond donors (Lipinski definition) is 2. The zero-order valence-electron chi connectivity index (χ0n) is 12.1. The lowest BCUT2D eigenvalue weighted by atomic mass is 10.1. The Kier molecular flexibility index (Phi) is 4.57. The lowest BCUT2D eigenvalue weighted by Gasteiger charge is -2.20. The van der Waals surface area contributed by atoms with Gasteiger partial charge >= 0.3 is 0 Å². The van der Waals surface area contributed by atoms with Gasteiger partial charge in [-0.1, -0.05) is 12.1 Å². The molecule has 0 saturated heterocycles. The third-order valence-electron chi connectivity index (χ3n) is 2.50. The molecule has 0 bridgehead atoms. The molecule has 2 rings (SSSR count). The third-order valence-corrected chi connectivity index (χ3v) is 3.19. The number of rotatable bonds is 3. The van der Waals surface area contributed by atoms with Crippen molar-refractivity contribution >= 4 is 33.5 Å². The molecule has 0 saturated carbocycles. The first-order valence-corrected chi connectivity index (χ1v) is 7.31. The Morgan fingerprint density at radius 3 is 2.57 bits per heavy atom. The van der Waals surface area contributed by atoms with Gasteiger partial charge in [0.15, 0.2) is 0 Å². The smallest absolute Gasteiger partial charge is 0.274 e. The maximum absolute atomic E-state index is 12.2. The fourth-order valence-corrected chi connectivity index (χ4v) is 2.01. The zero-order chi connectivity index (χ0) is 15.5. The third kappa shape index (κ3) is 4.53. The number of halogens is 1. The van der Waals surface area contributed by atoms with Crippen LogP contribution in [0.15, 0.2) is 41.0 Å². The molecule has 21 heavy (non-hydrogen) atoms. The SMILES string of the molecule is CC(C)(C)Nc1nccc(C(=O)Nc2ccccc2Br)n1. The highest BCUT2D eigenvalue weighted by atomic mass is 79.9. The first kappa shape index (κ1) is 15.4. The summed E-state index contributed by atoms with van der Waals surface area (Å²) in [5.74, 6) is 0.156. The minimum atomic E-state index is -0.277. The fraction of sp³-hybridized carbons (Fsp3) is 0.267. The molecule has 1 aromatic heterocycles. The van der Waals surface area contributed by atoms with E-state index < -0.39 is 0 Å². The summed E-state index contributed by atoms with van der Waals surface area (Å²) in [6, 6.07) is 9.00. The predicted molar refractivity (Wildman–Crippen MR) is 87.5 cm³/mol. The van der Waals surface area contributed by atoms with Crippen molar-refractivity contribution in [2.45, 2.75) is 26.3 Å². The molecule has 0 unspecified atom stereocenters. The molecule has 1 aromatic carbocycles. The van der Waals surface area contributed by atoms with Crippen molar-refractivity contribution in [1.82, 2.24) is 9.97 Å². The van der Waals surface area contributed by atoms with Crippen molar-refractivity contribution in [3.8, 4) is 0 Å². The van der Waals surface area contributed by atoms with E-state index in [9.17, 15) is 4.79 Å². The van der Waals surface area contributed by atoms with E-state index in [1.807, 2.05) is 45.0 Å². The predicted octanol–water partition coefficient (Wildman–Crippen LogP) is 3.70. The van der Waals surface area contributed by atoms with Gasteiger partial charge in [-0.25, -0.2) is 9.97 Å². The summed E-state index contributed by atoms with van der Waals surface area (Å²) in [5.41, 5.74) is 0.844. The van der Waals surface area contributed by atoms with Gasteiger partial charge in [0.2, 0.25) is 5.95 Å². The van der Waals surface area contributed by atoms with Crippen LogP contribution in [0, 0.1) is 0 Å². The summed E-state index contributed by atoms with van der Waals surface area (Å²) in [7, 11) is 0. The Bertz CT molecular complexity index is 652. The second-order valence-electron chi connectivity index (χ2n) is 5.57. The molecule has 1 heterocycles. The summed E-state index contributed by atoms with van der Waals surface area (Å²) >= 11 is 3.39. The van der Waals surface area contributed by atoms with Crippen molar-refractivity contribution in [3.63, 3.8) is 0 Å². The Labute approximate surface area is 132 Å². The number of nitrogens with zero attached hydrogens (tertiary/aromatic N) is 2. The quantitative estimate of drug-likeness (QED) is 0.887. The van der Waals surface area contributed by atoms with Gasteiger partial charge in [-0.05, 0) is 54.9 Å². The second kappa shape index (κ2) is 6.22. The molecule has 6 heteroatoms. The minimum Gasteiger partial charge on any atom is -0.350 e.